The largest absolute Gasteiger partial charge is 0.0917 e. The molecule has 1 radical (unpaired) electrons. The minimum absolute atomic E-state index is 0.597. The number of rotatable bonds is 4. The lowest BCUT2D eigenvalue weighted by molar-refractivity contribution is 0.469. The van der Waals surface area contributed by atoms with E-state index in [2.05, 4.69) is 39.8 Å². The standard InChI is InChI=1S/C10H19/c1-5-6-7-10(4)8-9(2)3/h5-6,9-10H,2,7-8H2,1,3-4H3/b6-5+. The minimum Gasteiger partial charge on any atom is -0.0917 e. The van der Waals surface area contributed by atoms with Crippen molar-refractivity contribution < 1.29 is 0 Å². The third kappa shape index (κ3) is 5.87. The first-order chi connectivity index (χ1) is 4.66. The molecule has 0 fully saturated rings. The van der Waals surface area contributed by atoms with Crippen LogP contribution >= 0.6 is 0 Å². The lowest BCUT2D eigenvalue weighted by Crippen LogP contribution is -1.98. The zero-order valence-electron chi connectivity index (χ0n) is 7.43. The van der Waals surface area contributed by atoms with Gasteiger partial charge in [-0.25, -0.2) is 0 Å². The summed E-state index contributed by atoms with van der Waals surface area (Å²) in [6.45, 7) is 10.5. The lowest BCUT2D eigenvalue weighted by Gasteiger charge is -2.10. The van der Waals surface area contributed by atoms with Gasteiger partial charge in [0.1, 0.15) is 0 Å². The molecule has 0 amide bonds. The van der Waals surface area contributed by atoms with E-state index in [1.54, 1.807) is 0 Å². The Bertz CT molecular complexity index is 90.2. The van der Waals surface area contributed by atoms with Crippen LogP contribution in [-0.2, 0) is 0 Å². The van der Waals surface area contributed by atoms with Crippen LogP contribution in [0.2, 0.25) is 0 Å². The molecule has 10 heavy (non-hydrogen) atoms. The Morgan fingerprint density at radius 2 is 2.00 bits per heavy atom. The molecule has 0 aromatic carbocycles. The van der Waals surface area contributed by atoms with E-state index in [1.807, 2.05) is 0 Å². The molecule has 0 saturated heterocycles. The van der Waals surface area contributed by atoms with Gasteiger partial charge in [0.2, 0.25) is 0 Å². The minimum atomic E-state index is 0.597. The monoisotopic (exact) mass is 139 g/mol. The molecule has 0 heterocycles. The third-order valence-corrected chi connectivity index (χ3v) is 1.58. The number of allylic oxidation sites excluding steroid dienone is 2. The van der Waals surface area contributed by atoms with Crippen LogP contribution in [0.15, 0.2) is 12.2 Å². The van der Waals surface area contributed by atoms with Gasteiger partial charge in [0.05, 0.1) is 0 Å². The molecule has 0 N–H and O–H groups in total. The van der Waals surface area contributed by atoms with Gasteiger partial charge < -0.3 is 0 Å². The molecule has 0 aromatic heterocycles. The molecule has 59 valence electrons. The summed E-state index contributed by atoms with van der Waals surface area (Å²) in [6, 6.07) is 0. The second-order valence-electron chi connectivity index (χ2n) is 3.25. The predicted molar refractivity (Wildman–Crippen MR) is 47.7 cm³/mol. The SMILES string of the molecule is [CH2]C(C)CC(C)C/C=C/C. The molecular weight excluding hydrogens is 120 g/mol. The summed E-state index contributed by atoms with van der Waals surface area (Å²) in [7, 11) is 0. The maximum atomic E-state index is 3.96. The average molecular weight is 139 g/mol. The van der Waals surface area contributed by atoms with Gasteiger partial charge in [0.15, 0.2) is 0 Å². The zero-order valence-corrected chi connectivity index (χ0v) is 7.43. The van der Waals surface area contributed by atoms with Crippen molar-refractivity contribution in [1.82, 2.24) is 0 Å². The van der Waals surface area contributed by atoms with Crippen molar-refractivity contribution in [2.45, 2.75) is 33.6 Å². The smallest absolute Gasteiger partial charge is 0.0325 e. The summed E-state index contributed by atoms with van der Waals surface area (Å²) in [5.41, 5.74) is 0. The molecule has 0 spiro atoms. The highest BCUT2D eigenvalue weighted by Crippen LogP contribution is 2.14. The Labute approximate surface area is 65.3 Å². The van der Waals surface area contributed by atoms with E-state index < -0.39 is 0 Å². The summed E-state index contributed by atoms with van der Waals surface area (Å²) in [4.78, 5) is 0. The quantitative estimate of drug-likeness (QED) is 0.523. The third-order valence-electron chi connectivity index (χ3n) is 1.58. The van der Waals surface area contributed by atoms with Crippen molar-refractivity contribution >= 4 is 0 Å². The van der Waals surface area contributed by atoms with E-state index in [1.165, 1.54) is 12.8 Å². The molecule has 0 aliphatic rings. The molecule has 0 bridgehead atoms. The van der Waals surface area contributed by atoms with Crippen molar-refractivity contribution in [2.75, 3.05) is 0 Å². The molecule has 0 rings (SSSR count). The van der Waals surface area contributed by atoms with Crippen LogP contribution in [-0.4, -0.2) is 0 Å². The van der Waals surface area contributed by atoms with E-state index in [-0.39, 0.29) is 0 Å². The van der Waals surface area contributed by atoms with Gasteiger partial charge in [-0.2, -0.15) is 0 Å². The maximum absolute atomic E-state index is 3.96. The predicted octanol–water partition coefficient (Wildman–Crippen LogP) is 3.45. The van der Waals surface area contributed by atoms with Crippen molar-refractivity contribution in [2.24, 2.45) is 11.8 Å². The van der Waals surface area contributed by atoms with Crippen molar-refractivity contribution in [3.63, 3.8) is 0 Å². The van der Waals surface area contributed by atoms with Gasteiger partial charge >= 0.3 is 0 Å². The molecule has 2 atom stereocenters. The van der Waals surface area contributed by atoms with E-state index in [4.69, 9.17) is 0 Å². The fourth-order valence-corrected chi connectivity index (χ4v) is 1.15. The first kappa shape index (κ1) is 9.74. The van der Waals surface area contributed by atoms with Gasteiger partial charge in [-0.1, -0.05) is 32.9 Å². The Morgan fingerprint density at radius 3 is 2.40 bits per heavy atom. The Balaban J connectivity index is 3.33. The first-order valence-electron chi connectivity index (χ1n) is 4.11. The van der Waals surface area contributed by atoms with Crippen LogP contribution in [0.25, 0.3) is 0 Å². The summed E-state index contributed by atoms with van der Waals surface area (Å²) in [5.74, 6) is 1.39. The summed E-state index contributed by atoms with van der Waals surface area (Å²) in [6.07, 6.45) is 6.79. The van der Waals surface area contributed by atoms with Gasteiger partial charge in [0.25, 0.3) is 0 Å². The number of hydrogen-bond donors (Lipinski definition) is 0. The fourth-order valence-electron chi connectivity index (χ4n) is 1.15. The first-order valence-corrected chi connectivity index (χ1v) is 4.11. The van der Waals surface area contributed by atoms with Crippen molar-refractivity contribution in [3.8, 4) is 0 Å². The molecule has 0 aliphatic heterocycles. The van der Waals surface area contributed by atoms with Crippen LogP contribution < -0.4 is 0 Å². The van der Waals surface area contributed by atoms with Gasteiger partial charge in [0, 0.05) is 0 Å². The average Bonchev–Trinajstić information content (AvgIpc) is 1.82. The van der Waals surface area contributed by atoms with Crippen LogP contribution in [0, 0.1) is 18.8 Å². The van der Waals surface area contributed by atoms with E-state index in [0.717, 1.165) is 5.92 Å². The summed E-state index contributed by atoms with van der Waals surface area (Å²) >= 11 is 0. The topological polar surface area (TPSA) is 0 Å². The lowest BCUT2D eigenvalue weighted by atomic mass is 9.96. The maximum Gasteiger partial charge on any atom is -0.0325 e. The molecule has 0 aromatic rings. The molecule has 0 nitrogen and oxygen atoms in total. The van der Waals surface area contributed by atoms with Gasteiger partial charge in [-0.3, -0.25) is 0 Å². The van der Waals surface area contributed by atoms with E-state index in [0.29, 0.717) is 5.92 Å². The Morgan fingerprint density at radius 1 is 1.40 bits per heavy atom. The number of hydrogen-bond acceptors (Lipinski definition) is 0. The molecule has 2 unspecified atom stereocenters. The van der Waals surface area contributed by atoms with Crippen LogP contribution in [0.1, 0.15) is 33.6 Å². The second kappa shape index (κ2) is 5.52. The normalized spacial score (nSPS) is 14.9. The summed E-state index contributed by atoms with van der Waals surface area (Å²) in [5, 5.41) is 0. The zero-order chi connectivity index (χ0) is 7.98. The molecular formula is C10H19. The van der Waals surface area contributed by atoms with E-state index >= 15 is 0 Å². The highest BCUT2D eigenvalue weighted by atomic mass is 14.1. The highest BCUT2D eigenvalue weighted by molar-refractivity contribution is 4.79. The highest BCUT2D eigenvalue weighted by Gasteiger charge is 2.01. The van der Waals surface area contributed by atoms with Gasteiger partial charge in [-0.15, -0.1) is 0 Å². The second-order valence-corrected chi connectivity index (χ2v) is 3.25. The van der Waals surface area contributed by atoms with Crippen molar-refractivity contribution in [1.29, 1.82) is 0 Å². The summed E-state index contributed by atoms with van der Waals surface area (Å²) < 4.78 is 0. The van der Waals surface area contributed by atoms with Crippen LogP contribution in [0.5, 0.6) is 0 Å². The molecule has 0 saturated carbocycles. The van der Waals surface area contributed by atoms with Gasteiger partial charge in [-0.05, 0) is 31.6 Å². The van der Waals surface area contributed by atoms with E-state index in [9.17, 15) is 0 Å². The van der Waals surface area contributed by atoms with Crippen LogP contribution in [0.4, 0.5) is 0 Å². The Hall–Kier alpha value is -0.260. The molecule has 0 aliphatic carbocycles. The Kier molecular flexibility index (Phi) is 5.38. The fraction of sp³-hybridized carbons (Fsp3) is 0.700. The van der Waals surface area contributed by atoms with Crippen LogP contribution in [0.3, 0.4) is 0 Å². The van der Waals surface area contributed by atoms with Crippen molar-refractivity contribution in [3.05, 3.63) is 19.1 Å². The molecule has 0 heteroatoms.